The van der Waals surface area contributed by atoms with Gasteiger partial charge in [-0.3, -0.25) is 88.8 Å². The highest BCUT2D eigenvalue weighted by atomic mass is 33.1. The highest BCUT2D eigenvalue weighted by molar-refractivity contribution is 8.76. The number of phenols is 2. The first-order chi connectivity index (χ1) is 69.1. The van der Waals surface area contributed by atoms with Gasteiger partial charge in [-0.1, -0.05) is 88.3 Å². The normalized spacial score (nSPS) is 20.0. The Hall–Kier alpha value is -15.2. The third kappa shape index (κ3) is 44.5. The number of nitrogens with two attached hydrogens (primary N) is 10. The van der Waals surface area contributed by atoms with Crippen LogP contribution in [0.5, 0.6) is 11.5 Å². The number of carbonyl (C=O) groups excluding carboxylic acids is 17. The zero-order chi connectivity index (χ0) is 107. The van der Waals surface area contributed by atoms with Crippen LogP contribution in [-0.4, -0.2) is 295 Å². The summed E-state index contributed by atoms with van der Waals surface area (Å²) in [7, 11) is 1.48. The lowest BCUT2D eigenvalue weighted by Gasteiger charge is -2.31. The minimum Gasteiger partial charge on any atom is -0.508 e. The molecule has 0 aliphatic carbocycles. The molecule has 2 aliphatic rings. The van der Waals surface area contributed by atoms with Crippen molar-refractivity contribution in [2.24, 2.45) is 57.3 Å². The summed E-state index contributed by atoms with van der Waals surface area (Å²) in [4.78, 5) is 250. The van der Waals surface area contributed by atoms with Gasteiger partial charge in [-0.05, 0) is 180 Å². The van der Waals surface area contributed by atoms with Crippen LogP contribution in [0, 0.1) is 21.6 Å². The Balaban J connectivity index is 1.62. The van der Waals surface area contributed by atoms with Gasteiger partial charge in [0.05, 0.1) is 6.04 Å². The maximum Gasteiger partial charge on any atom is 0.312 e. The quantitative estimate of drug-likeness (QED) is 0.00846. The molecular formula is C90H140N34O19S2. The number of nitrogens with zero attached hydrogens (tertiary/aromatic N) is 1. The molecule has 2 aliphatic heterocycles. The first kappa shape index (κ1) is 119. The van der Waals surface area contributed by atoms with Crippen LogP contribution in [-0.2, 0) is 86.4 Å². The van der Waals surface area contributed by atoms with Crippen molar-refractivity contribution in [1.29, 1.82) is 21.6 Å². The van der Waals surface area contributed by atoms with Crippen LogP contribution in [0.1, 0.15) is 139 Å². The van der Waals surface area contributed by atoms with Gasteiger partial charge in [0.1, 0.15) is 90.0 Å². The SMILES string of the molecule is N=C(N)NCCCC1NC(=O)[C@H](Cc2ccc(O)cc2)NC(=O)[C@@H]2CCCN2C(=O)C(CCCNC(N)=O)NC(=O)[C@H](CCCCN)NC(=O)C(CCCNC(N)=O)NC(=O)[C@H](Cc2ccc(O)cc2)NC(=O)[C@@H](NC(=O)[C@H](Cc2ccc3ccccc3c2)NC(=O)[C@H](CCCNC(=N)N)NC(=O)[C@@H](N)CCCNC(=N)N)CSSCC(C(=O)N[C@@H](CCCNC(=N)N)C(N)=O)NC(=O)[C@@H](CCCNC(N)=O)NC1=O. The van der Waals surface area contributed by atoms with E-state index in [0.717, 1.165) is 31.9 Å². The number of amides is 20. The number of nitrogens with one attached hydrogen (secondary N) is 23. The summed E-state index contributed by atoms with van der Waals surface area (Å²) in [5.41, 5.74) is 57.9. The number of primary amides is 4. The third-order valence-corrected chi connectivity index (χ3v) is 25.6. The second-order valence-corrected chi connectivity index (χ2v) is 37.2. The van der Waals surface area contributed by atoms with Crippen LogP contribution in [0.15, 0.2) is 91.0 Å². The van der Waals surface area contributed by atoms with Gasteiger partial charge in [-0.15, -0.1) is 0 Å². The molecule has 0 radical (unpaired) electrons. The topological polar surface area (TPSA) is 918 Å². The number of urea groups is 3. The van der Waals surface area contributed by atoms with Crippen LogP contribution in [0.4, 0.5) is 14.4 Å². The lowest BCUT2D eigenvalue weighted by Crippen LogP contribution is -2.61. The number of guanidine groups is 4. The smallest absolute Gasteiger partial charge is 0.312 e. The molecule has 2 heterocycles. The first-order valence-corrected chi connectivity index (χ1v) is 50.0. The average molecular weight is 2070 g/mol. The van der Waals surface area contributed by atoms with E-state index >= 15 is 57.5 Å². The van der Waals surface area contributed by atoms with Crippen molar-refractivity contribution in [2.45, 2.75) is 226 Å². The number of phenolic OH excluding ortho intramolecular Hbond substituents is 2. The molecule has 0 spiro atoms. The molecule has 55 heteroatoms. The molecule has 2 saturated heterocycles. The number of aromatic hydroxyl groups is 2. The van der Waals surface area contributed by atoms with E-state index in [1.165, 1.54) is 48.5 Å². The third-order valence-electron chi connectivity index (χ3n) is 23.2. The molecule has 4 aromatic carbocycles. The Bertz CT molecular complexity index is 5090. The zero-order valence-electron chi connectivity index (χ0n) is 80.4. The molecule has 4 aromatic rings. The molecular weight excluding hydrogens is 1930 g/mol. The molecule has 0 saturated carbocycles. The van der Waals surface area contributed by atoms with E-state index in [4.69, 9.17) is 79.0 Å². The Morgan fingerprint density at radius 1 is 0.400 bits per heavy atom. The molecule has 53 nitrogen and oxygen atoms in total. The van der Waals surface area contributed by atoms with Gasteiger partial charge in [0.25, 0.3) is 0 Å². The van der Waals surface area contributed by atoms with Gasteiger partial charge in [-0.25, -0.2) is 14.4 Å². The predicted molar refractivity (Wildman–Crippen MR) is 541 cm³/mol. The Morgan fingerprint density at radius 3 is 1.26 bits per heavy atom. The first-order valence-electron chi connectivity index (χ1n) is 47.5. The molecule has 145 heavy (non-hydrogen) atoms. The monoisotopic (exact) mass is 2070 g/mol. The van der Waals surface area contributed by atoms with Gasteiger partial charge < -0.3 is 173 Å². The number of carbonyl (C=O) groups is 17. The predicted octanol–water partition coefficient (Wildman–Crippen LogP) is -7.18. The molecule has 4 unspecified atom stereocenters. The van der Waals surface area contributed by atoms with Crippen LogP contribution >= 0.6 is 21.6 Å². The van der Waals surface area contributed by atoms with E-state index in [9.17, 15) is 34.2 Å². The highest BCUT2D eigenvalue weighted by Crippen LogP contribution is 2.27. The van der Waals surface area contributed by atoms with Gasteiger partial charge in [0, 0.05) is 83.1 Å². The van der Waals surface area contributed by atoms with Gasteiger partial charge in [0.15, 0.2) is 23.8 Å². The van der Waals surface area contributed by atoms with Gasteiger partial charge in [-0.2, -0.15) is 0 Å². The molecule has 20 amide bonds. The Labute approximate surface area is 844 Å². The average Bonchev–Trinajstić information content (AvgIpc) is 1.77. The fourth-order valence-corrected chi connectivity index (χ4v) is 17.9. The summed E-state index contributed by atoms with van der Waals surface area (Å²) in [6, 6.07) is -2.89. The van der Waals surface area contributed by atoms with Crippen LogP contribution in [0.3, 0.4) is 0 Å². The summed E-state index contributed by atoms with van der Waals surface area (Å²) < 4.78 is 0. The number of unbranched alkanes of at least 4 members (excludes halogenated alkanes) is 1. The molecule has 14 atom stereocenters. The fraction of sp³-hybridized carbons (Fsp3) is 0.522. The van der Waals surface area contributed by atoms with Crippen LogP contribution < -0.4 is 158 Å². The Morgan fingerprint density at radius 2 is 0.793 bits per heavy atom. The minimum absolute atomic E-state index is 0.00412. The molecule has 2 fully saturated rings. The molecule has 45 N–H and O–H groups in total. The molecule has 6 rings (SSSR count). The van der Waals surface area contributed by atoms with Gasteiger partial charge in [0.2, 0.25) is 82.7 Å². The van der Waals surface area contributed by atoms with E-state index in [-0.39, 0.29) is 210 Å². The lowest BCUT2D eigenvalue weighted by atomic mass is 10.00. The standard InChI is InChI=1S/C90H140N34O19S2/c91-34-4-3-16-58-74(131)118-63(22-11-41-111-90(104)143)83(140)124-42-12-23-69(124)82(139)121-65(45-50-27-32-55(126)33-28-50)78(135)117-60(19-8-38-108-87(100)101)73(130)115-62(21-10-40-110-89(103)142)76(133)122-67(80(137)112-57(70(93)127)17-6-36-106-85(96)97)47-144-145-48-68(81(138)120-64(44-49-25-30-54(125)31-26-49)77(134)116-61(72(129)114-58)20-9-39-109-88(102)141)123-79(136)66(46-51-24-29-52-13-1-2-14-53(52)43-51)119-75(132)59(18-7-37-107-86(98)99)113-71(128)56(92)15-5-35-105-84(94)95/h1-2,13-14,24-33,43,56-69,125-126H,3-12,15-23,34-42,44-48,91-92H2,(H2,93,127)(H,112,137)(H,113,128)(H,114,129)(H,115,130)(H,116,134)(H,117,135)(H,118,131)(H,119,132)(H,120,138)(H,121,139)(H,122,133)(H,123,136)(H4,94,95,105)(H4,96,97,106)(H4,98,99,107)(H4,100,101,108)(H3,102,109,141)(H3,103,110,142)(H3,104,111,143)/t56-,57-,58-,59-,60?,61?,62+,63?,64-,65-,66-,67?,68-,69-/m0/s1. The highest BCUT2D eigenvalue weighted by Gasteiger charge is 2.43. The summed E-state index contributed by atoms with van der Waals surface area (Å²) in [6.45, 7) is -0.588. The summed E-state index contributed by atoms with van der Waals surface area (Å²) in [5.74, 6) is -17.8. The van der Waals surface area contributed by atoms with E-state index in [2.05, 4.69) is 101 Å². The van der Waals surface area contributed by atoms with Crippen molar-refractivity contribution in [3.8, 4) is 11.5 Å². The maximum absolute atomic E-state index is 16.0. The maximum atomic E-state index is 16.0. The number of benzene rings is 4. The van der Waals surface area contributed by atoms with Crippen molar-refractivity contribution in [3.05, 3.63) is 108 Å². The fourth-order valence-electron chi connectivity index (χ4n) is 15.5. The lowest BCUT2D eigenvalue weighted by molar-refractivity contribution is -0.142. The van der Waals surface area contributed by atoms with Crippen molar-refractivity contribution in [1.82, 2.24) is 106 Å². The van der Waals surface area contributed by atoms with E-state index in [1.54, 1.807) is 36.4 Å². The van der Waals surface area contributed by atoms with E-state index < -0.39 is 228 Å². The van der Waals surface area contributed by atoms with E-state index in [1.807, 2.05) is 6.07 Å². The number of hydrogen-bond donors (Lipinski definition) is 35. The number of hydrogen-bond acceptors (Lipinski definition) is 27. The summed E-state index contributed by atoms with van der Waals surface area (Å²) >= 11 is 0. The van der Waals surface area contributed by atoms with Crippen molar-refractivity contribution >= 4 is 157 Å². The van der Waals surface area contributed by atoms with Crippen LogP contribution in [0.2, 0.25) is 0 Å². The Kier molecular flexibility index (Phi) is 51.5. The molecule has 796 valence electrons. The number of fused-ring (bicyclic) bond motifs is 2. The van der Waals surface area contributed by atoms with Crippen molar-refractivity contribution in [2.75, 3.05) is 70.4 Å². The second-order valence-electron chi connectivity index (χ2n) is 34.6. The van der Waals surface area contributed by atoms with Crippen LogP contribution in [0.25, 0.3) is 10.8 Å². The zero-order valence-corrected chi connectivity index (χ0v) is 82.1. The number of rotatable bonds is 47. The summed E-state index contributed by atoms with van der Waals surface area (Å²) in [5, 5.41) is 103. The second kappa shape index (κ2) is 63.0. The minimum atomic E-state index is -1.92. The van der Waals surface area contributed by atoms with Crippen molar-refractivity contribution in [3.63, 3.8) is 0 Å². The summed E-state index contributed by atoms with van der Waals surface area (Å²) in [6.07, 6.45) is -2.65. The van der Waals surface area contributed by atoms with Crippen molar-refractivity contribution < 1.29 is 91.7 Å². The molecule has 0 bridgehead atoms. The largest absolute Gasteiger partial charge is 0.508 e. The van der Waals surface area contributed by atoms with E-state index in [0.29, 0.717) is 16.5 Å². The molecule has 0 aromatic heterocycles. The van der Waals surface area contributed by atoms with Gasteiger partial charge >= 0.3 is 18.1 Å².